The van der Waals surface area contributed by atoms with Crippen molar-refractivity contribution in [3.8, 4) is 11.4 Å². The molecule has 0 aromatic carbocycles. The Hall–Kier alpha value is -1.49. The third-order valence-corrected chi connectivity index (χ3v) is 2.66. The molecule has 0 fully saturated rings. The number of thiazole rings is 1. The second-order valence-electron chi connectivity index (χ2n) is 3.06. The molecule has 0 unspecified atom stereocenters. The summed E-state index contributed by atoms with van der Waals surface area (Å²) in [4.78, 5) is 12.6. The van der Waals surface area contributed by atoms with E-state index in [2.05, 4.69) is 27.2 Å². The fraction of sp³-hybridized carbons (Fsp3) is 0.300. The highest BCUT2D eigenvalue weighted by molar-refractivity contribution is 7.14. The van der Waals surface area contributed by atoms with Crippen molar-refractivity contribution >= 4 is 16.5 Å². The summed E-state index contributed by atoms with van der Waals surface area (Å²) in [7, 11) is 0. The molecule has 0 radical (unpaired) electrons. The molecule has 2 rings (SSSR count). The smallest absolute Gasteiger partial charge is 0.183 e. The van der Waals surface area contributed by atoms with Crippen LogP contribution in [-0.4, -0.2) is 21.5 Å². The van der Waals surface area contributed by atoms with Gasteiger partial charge in [0, 0.05) is 24.3 Å². The number of hydrogen-bond acceptors (Lipinski definition) is 5. The molecular formula is C10H12N4S. The molecule has 0 saturated heterocycles. The summed E-state index contributed by atoms with van der Waals surface area (Å²) in [6.07, 6.45) is 6.15. The van der Waals surface area contributed by atoms with Crippen LogP contribution in [0.4, 0.5) is 5.13 Å². The molecule has 0 saturated carbocycles. The van der Waals surface area contributed by atoms with Crippen LogP contribution in [0.2, 0.25) is 0 Å². The van der Waals surface area contributed by atoms with Gasteiger partial charge in [-0.2, -0.15) is 0 Å². The second kappa shape index (κ2) is 4.84. The minimum absolute atomic E-state index is 0.818. The van der Waals surface area contributed by atoms with E-state index in [0.29, 0.717) is 0 Å². The molecule has 0 spiro atoms. The Morgan fingerprint density at radius 2 is 2.27 bits per heavy atom. The van der Waals surface area contributed by atoms with Gasteiger partial charge in [0.05, 0.1) is 6.20 Å². The monoisotopic (exact) mass is 220 g/mol. The fourth-order valence-corrected chi connectivity index (χ4v) is 1.87. The molecular weight excluding hydrogens is 208 g/mol. The lowest BCUT2D eigenvalue weighted by atomic mass is 10.4. The molecule has 0 aliphatic rings. The Morgan fingerprint density at radius 3 is 3.00 bits per heavy atom. The maximum absolute atomic E-state index is 4.42. The van der Waals surface area contributed by atoms with Crippen molar-refractivity contribution in [2.45, 2.75) is 13.3 Å². The van der Waals surface area contributed by atoms with Gasteiger partial charge in [0.2, 0.25) is 0 Å². The van der Waals surface area contributed by atoms with E-state index in [-0.39, 0.29) is 0 Å². The van der Waals surface area contributed by atoms with Crippen molar-refractivity contribution in [3.63, 3.8) is 0 Å². The summed E-state index contributed by atoms with van der Waals surface area (Å²) in [6, 6.07) is 0. The van der Waals surface area contributed by atoms with Gasteiger partial charge in [-0.25, -0.2) is 4.98 Å². The lowest BCUT2D eigenvalue weighted by molar-refractivity contribution is 0.976. The number of aromatic nitrogens is 3. The Labute approximate surface area is 92.4 Å². The predicted molar refractivity (Wildman–Crippen MR) is 61.9 cm³/mol. The summed E-state index contributed by atoms with van der Waals surface area (Å²) < 4.78 is 0. The largest absolute Gasteiger partial charge is 0.362 e. The van der Waals surface area contributed by atoms with Gasteiger partial charge in [0.1, 0.15) is 11.4 Å². The third-order valence-electron chi connectivity index (χ3n) is 1.86. The molecule has 78 valence electrons. The lowest BCUT2D eigenvalue weighted by Crippen LogP contribution is -1.98. The molecule has 0 bridgehead atoms. The van der Waals surface area contributed by atoms with Crippen LogP contribution in [0.1, 0.15) is 13.3 Å². The molecule has 0 aliphatic carbocycles. The first-order valence-corrected chi connectivity index (χ1v) is 5.74. The van der Waals surface area contributed by atoms with E-state index in [1.54, 1.807) is 29.9 Å². The fourth-order valence-electron chi connectivity index (χ4n) is 1.14. The van der Waals surface area contributed by atoms with E-state index < -0.39 is 0 Å². The van der Waals surface area contributed by atoms with Gasteiger partial charge in [0.25, 0.3) is 0 Å². The first-order chi connectivity index (χ1) is 7.40. The Kier molecular flexibility index (Phi) is 3.24. The topological polar surface area (TPSA) is 50.7 Å². The molecule has 2 heterocycles. The zero-order chi connectivity index (χ0) is 10.5. The van der Waals surface area contributed by atoms with E-state index >= 15 is 0 Å². The first kappa shape index (κ1) is 10.0. The van der Waals surface area contributed by atoms with Crippen LogP contribution >= 0.6 is 11.3 Å². The normalized spacial score (nSPS) is 10.2. The van der Waals surface area contributed by atoms with Crippen LogP contribution in [0.5, 0.6) is 0 Å². The van der Waals surface area contributed by atoms with Gasteiger partial charge in [-0.15, -0.1) is 11.3 Å². The molecule has 4 nitrogen and oxygen atoms in total. The zero-order valence-corrected chi connectivity index (χ0v) is 9.29. The van der Waals surface area contributed by atoms with Crippen LogP contribution in [0.15, 0.2) is 24.0 Å². The number of anilines is 1. The number of rotatable bonds is 4. The summed E-state index contributed by atoms with van der Waals surface area (Å²) >= 11 is 1.59. The van der Waals surface area contributed by atoms with Crippen molar-refractivity contribution in [2.75, 3.05) is 11.9 Å². The van der Waals surface area contributed by atoms with Gasteiger partial charge >= 0.3 is 0 Å². The molecule has 0 atom stereocenters. The van der Waals surface area contributed by atoms with Gasteiger partial charge < -0.3 is 5.32 Å². The maximum Gasteiger partial charge on any atom is 0.183 e. The average Bonchev–Trinajstić information content (AvgIpc) is 2.76. The Balaban J connectivity index is 2.14. The third kappa shape index (κ3) is 2.50. The van der Waals surface area contributed by atoms with Crippen LogP contribution in [0, 0.1) is 0 Å². The van der Waals surface area contributed by atoms with Crippen molar-refractivity contribution < 1.29 is 0 Å². The van der Waals surface area contributed by atoms with Crippen molar-refractivity contribution in [1.82, 2.24) is 15.0 Å². The van der Waals surface area contributed by atoms with E-state index in [4.69, 9.17) is 0 Å². The van der Waals surface area contributed by atoms with E-state index in [1.165, 1.54) is 0 Å². The average molecular weight is 220 g/mol. The van der Waals surface area contributed by atoms with E-state index in [1.807, 2.05) is 5.38 Å². The molecule has 2 aromatic heterocycles. The Morgan fingerprint density at radius 1 is 1.33 bits per heavy atom. The summed E-state index contributed by atoms with van der Waals surface area (Å²) in [6.45, 7) is 3.08. The lowest BCUT2D eigenvalue weighted by Gasteiger charge is -1.97. The molecule has 0 amide bonds. The number of nitrogens with one attached hydrogen (secondary N) is 1. The minimum Gasteiger partial charge on any atom is -0.362 e. The van der Waals surface area contributed by atoms with Crippen molar-refractivity contribution in [1.29, 1.82) is 0 Å². The van der Waals surface area contributed by atoms with Crippen LogP contribution in [0.3, 0.4) is 0 Å². The van der Waals surface area contributed by atoms with Gasteiger partial charge in [0.15, 0.2) is 5.13 Å². The summed E-state index contributed by atoms with van der Waals surface area (Å²) in [5.74, 6) is 0. The first-order valence-electron chi connectivity index (χ1n) is 4.86. The number of hydrogen-bond donors (Lipinski definition) is 1. The van der Waals surface area contributed by atoms with E-state index in [9.17, 15) is 0 Å². The van der Waals surface area contributed by atoms with Crippen LogP contribution in [-0.2, 0) is 0 Å². The van der Waals surface area contributed by atoms with Crippen LogP contribution in [0.25, 0.3) is 11.4 Å². The standard InChI is InChI=1S/C10H12N4S/c1-2-3-13-10-14-9(7-15-10)8-6-11-4-5-12-8/h4-7H,2-3H2,1H3,(H,13,14). The minimum atomic E-state index is 0.818. The van der Waals surface area contributed by atoms with Crippen LogP contribution < -0.4 is 5.32 Å². The zero-order valence-electron chi connectivity index (χ0n) is 8.47. The summed E-state index contributed by atoms with van der Waals surface area (Å²) in [5.41, 5.74) is 1.70. The molecule has 2 aromatic rings. The molecule has 15 heavy (non-hydrogen) atoms. The number of nitrogens with zero attached hydrogens (tertiary/aromatic N) is 3. The SMILES string of the molecule is CCCNc1nc(-c2cnccn2)cs1. The van der Waals surface area contributed by atoms with Crippen molar-refractivity contribution in [2.24, 2.45) is 0 Å². The molecule has 5 heteroatoms. The second-order valence-corrected chi connectivity index (χ2v) is 3.91. The summed E-state index contributed by atoms with van der Waals surface area (Å²) in [5, 5.41) is 6.17. The Bertz CT molecular complexity index is 412. The quantitative estimate of drug-likeness (QED) is 0.859. The molecule has 0 aliphatic heterocycles. The molecule has 1 N–H and O–H groups in total. The van der Waals surface area contributed by atoms with Gasteiger partial charge in [-0.1, -0.05) is 6.92 Å². The highest BCUT2D eigenvalue weighted by Crippen LogP contribution is 2.22. The van der Waals surface area contributed by atoms with Gasteiger partial charge in [-0.3, -0.25) is 9.97 Å². The highest BCUT2D eigenvalue weighted by Gasteiger charge is 2.04. The maximum atomic E-state index is 4.42. The van der Waals surface area contributed by atoms with E-state index in [0.717, 1.165) is 29.5 Å². The van der Waals surface area contributed by atoms with Gasteiger partial charge in [-0.05, 0) is 6.42 Å². The predicted octanol–water partition coefficient (Wildman–Crippen LogP) is 2.42. The van der Waals surface area contributed by atoms with Crippen molar-refractivity contribution in [3.05, 3.63) is 24.0 Å². The highest BCUT2D eigenvalue weighted by atomic mass is 32.1.